The SMILES string of the molecule is CC1CC(NCc2ccc(COc3cccc4c3CN(C3CCC(=O)N(OC=O)C3=O)C4=O)cc2)CCO1. The molecule has 2 aromatic carbocycles. The summed E-state index contributed by atoms with van der Waals surface area (Å²) < 4.78 is 11.7. The topological polar surface area (TPSA) is 114 Å². The number of benzene rings is 2. The number of imide groups is 1. The van der Waals surface area contributed by atoms with E-state index in [1.807, 2.05) is 12.1 Å². The first-order valence-electron chi connectivity index (χ1n) is 12.9. The van der Waals surface area contributed by atoms with E-state index in [1.54, 1.807) is 18.2 Å². The van der Waals surface area contributed by atoms with Crippen LogP contribution in [0.25, 0.3) is 0 Å². The molecule has 2 fully saturated rings. The van der Waals surface area contributed by atoms with E-state index in [0.29, 0.717) is 40.7 Å². The van der Waals surface area contributed by atoms with E-state index in [9.17, 15) is 19.2 Å². The van der Waals surface area contributed by atoms with Gasteiger partial charge in [0.2, 0.25) is 0 Å². The first-order chi connectivity index (χ1) is 18.4. The summed E-state index contributed by atoms with van der Waals surface area (Å²) in [6.45, 7) is 4.22. The van der Waals surface area contributed by atoms with Gasteiger partial charge in [0.15, 0.2) is 0 Å². The van der Waals surface area contributed by atoms with Gasteiger partial charge in [-0.15, -0.1) is 5.06 Å². The van der Waals surface area contributed by atoms with Crippen LogP contribution in [0.5, 0.6) is 5.75 Å². The van der Waals surface area contributed by atoms with Crippen molar-refractivity contribution in [3.8, 4) is 5.75 Å². The number of hydrogen-bond acceptors (Lipinski definition) is 8. The minimum absolute atomic E-state index is 0.00651. The smallest absolute Gasteiger partial charge is 0.321 e. The molecule has 3 atom stereocenters. The highest BCUT2D eigenvalue weighted by atomic mass is 16.7. The number of hydroxylamine groups is 2. The van der Waals surface area contributed by atoms with Crippen molar-refractivity contribution in [1.29, 1.82) is 0 Å². The van der Waals surface area contributed by atoms with Crippen molar-refractivity contribution in [3.05, 3.63) is 64.7 Å². The van der Waals surface area contributed by atoms with Crippen LogP contribution in [-0.2, 0) is 43.7 Å². The molecule has 0 aliphatic carbocycles. The molecular formula is C28H31N3O7. The molecule has 2 saturated heterocycles. The number of piperidine rings is 1. The van der Waals surface area contributed by atoms with E-state index in [0.717, 1.165) is 31.6 Å². The highest BCUT2D eigenvalue weighted by Gasteiger charge is 2.44. The molecular weight excluding hydrogens is 490 g/mol. The second-order valence-corrected chi connectivity index (χ2v) is 9.89. The largest absolute Gasteiger partial charge is 0.489 e. The van der Waals surface area contributed by atoms with Crippen LogP contribution in [0.15, 0.2) is 42.5 Å². The molecule has 10 heteroatoms. The summed E-state index contributed by atoms with van der Waals surface area (Å²) in [7, 11) is 0. The average molecular weight is 522 g/mol. The lowest BCUT2D eigenvalue weighted by atomic mass is 10.0. The van der Waals surface area contributed by atoms with E-state index >= 15 is 0 Å². The van der Waals surface area contributed by atoms with E-state index in [1.165, 1.54) is 10.5 Å². The zero-order valence-electron chi connectivity index (χ0n) is 21.3. The van der Waals surface area contributed by atoms with Gasteiger partial charge in [-0.25, -0.2) is 0 Å². The van der Waals surface area contributed by atoms with Crippen LogP contribution >= 0.6 is 0 Å². The maximum absolute atomic E-state index is 13.1. The molecule has 1 N–H and O–H groups in total. The minimum Gasteiger partial charge on any atom is -0.489 e. The van der Waals surface area contributed by atoms with Gasteiger partial charge in [-0.1, -0.05) is 30.3 Å². The normalized spacial score (nSPS) is 23.4. The van der Waals surface area contributed by atoms with Crippen molar-refractivity contribution in [2.45, 2.75) is 70.5 Å². The van der Waals surface area contributed by atoms with E-state index in [2.05, 4.69) is 29.2 Å². The average Bonchev–Trinajstić information content (AvgIpc) is 3.26. The number of amides is 3. The molecule has 3 heterocycles. The van der Waals surface area contributed by atoms with Gasteiger partial charge in [0.05, 0.1) is 12.6 Å². The molecule has 10 nitrogen and oxygen atoms in total. The second-order valence-electron chi connectivity index (χ2n) is 9.89. The summed E-state index contributed by atoms with van der Waals surface area (Å²) >= 11 is 0. The number of ether oxygens (including phenoxy) is 2. The molecule has 200 valence electrons. The quantitative estimate of drug-likeness (QED) is 0.396. The third-order valence-corrected chi connectivity index (χ3v) is 7.32. The summed E-state index contributed by atoms with van der Waals surface area (Å²) in [6, 6.07) is 13.0. The molecule has 3 unspecified atom stereocenters. The van der Waals surface area contributed by atoms with Crippen LogP contribution in [0, 0.1) is 0 Å². The highest BCUT2D eigenvalue weighted by Crippen LogP contribution is 2.34. The fraction of sp³-hybridized carbons (Fsp3) is 0.429. The highest BCUT2D eigenvalue weighted by molar-refractivity contribution is 6.05. The summed E-state index contributed by atoms with van der Waals surface area (Å²) in [5.74, 6) is -1.08. The van der Waals surface area contributed by atoms with Gasteiger partial charge in [0.1, 0.15) is 18.4 Å². The Hall–Kier alpha value is -3.76. The molecule has 0 aromatic heterocycles. The number of nitrogens with zero attached hydrogens (tertiary/aromatic N) is 2. The van der Waals surface area contributed by atoms with Crippen molar-refractivity contribution in [2.75, 3.05) is 6.61 Å². The number of carbonyl (C=O) groups is 4. The van der Waals surface area contributed by atoms with Crippen molar-refractivity contribution >= 4 is 24.2 Å². The van der Waals surface area contributed by atoms with Crippen LogP contribution in [0.4, 0.5) is 0 Å². The lowest BCUT2D eigenvalue weighted by Gasteiger charge is -2.33. The number of nitrogens with one attached hydrogen (secondary N) is 1. The second kappa shape index (κ2) is 11.3. The molecule has 0 spiro atoms. The lowest BCUT2D eigenvalue weighted by molar-refractivity contribution is -0.200. The van der Waals surface area contributed by atoms with E-state index < -0.39 is 17.9 Å². The predicted octanol–water partition coefficient (Wildman–Crippen LogP) is 2.48. The van der Waals surface area contributed by atoms with Crippen molar-refractivity contribution in [3.63, 3.8) is 0 Å². The minimum atomic E-state index is -0.897. The first-order valence-corrected chi connectivity index (χ1v) is 12.9. The number of fused-ring (bicyclic) bond motifs is 1. The Balaban J connectivity index is 1.20. The number of carbonyl (C=O) groups excluding carboxylic acids is 4. The van der Waals surface area contributed by atoms with Gasteiger partial charge < -0.3 is 24.5 Å². The molecule has 38 heavy (non-hydrogen) atoms. The van der Waals surface area contributed by atoms with Gasteiger partial charge in [0.25, 0.3) is 17.7 Å². The van der Waals surface area contributed by atoms with Crippen molar-refractivity contribution < 1.29 is 33.5 Å². The Kier molecular flexibility index (Phi) is 7.71. The molecule has 0 saturated carbocycles. The molecule has 3 amide bonds. The van der Waals surface area contributed by atoms with Gasteiger partial charge in [-0.05, 0) is 49.4 Å². The standard InChI is InChI=1S/C28H31N3O7/c1-18-13-21(11-12-36-18)29-14-19-5-7-20(8-6-19)16-37-25-4-2-3-22-23(25)15-30(27(22)34)24-9-10-26(33)31(28(24)35)38-17-32/h2-8,17-18,21,24,29H,9-16H2,1H3. The zero-order chi connectivity index (χ0) is 26.6. The first kappa shape index (κ1) is 25.9. The van der Waals surface area contributed by atoms with Gasteiger partial charge in [-0.2, -0.15) is 0 Å². The Labute approximate surface area is 220 Å². The Morgan fingerprint density at radius 1 is 1.08 bits per heavy atom. The third-order valence-electron chi connectivity index (χ3n) is 7.32. The van der Waals surface area contributed by atoms with Crippen LogP contribution in [-0.4, -0.2) is 59.0 Å². The predicted molar refractivity (Wildman–Crippen MR) is 134 cm³/mol. The van der Waals surface area contributed by atoms with Gasteiger partial charge in [0, 0.05) is 36.7 Å². The maximum atomic E-state index is 13.1. The Morgan fingerprint density at radius 2 is 1.87 bits per heavy atom. The molecule has 0 radical (unpaired) electrons. The van der Waals surface area contributed by atoms with E-state index in [-0.39, 0.29) is 31.8 Å². The van der Waals surface area contributed by atoms with Crippen LogP contribution in [0.3, 0.4) is 0 Å². The molecule has 3 aliphatic heterocycles. The molecule has 0 bridgehead atoms. The number of hydrogen-bond donors (Lipinski definition) is 1. The zero-order valence-corrected chi connectivity index (χ0v) is 21.3. The molecule has 2 aromatic rings. The molecule has 3 aliphatic rings. The lowest BCUT2D eigenvalue weighted by Crippen LogP contribution is -2.54. The van der Waals surface area contributed by atoms with Gasteiger partial charge in [-0.3, -0.25) is 19.2 Å². The summed E-state index contributed by atoms with van der Waals surface area (Å²) in [5.41, 5.74) is 3.34. The molecule has 5 rings (SSSR count). The van der Waals surface area contributed by atoms with Crippen LogP contribution in [0.2, 0.25) is 0 Å². The summed E-state index contributed by atoms with van der Waals surface area (Å²) in [4.78, 5) is 54.6. The fourth-order valence-corrected chi connectivity index (χ4v) is 5.26. The van der Waals surface area contributed by atoms with Crippen molar-refractivity contribution in [2.24, 2.45) is 0 Å². The van der Waals surface area contributed by atoms with Crippen molar-refractivity contribution in [1.82, 2.24) is 15.3 Å². The van der Waals surface area contributed by atoms with Gasteiger partial charge >= 0.3 is 6.47 Å². The Morgan fingerprint density at radius 3 is 2.63 bits per heavy atom. The third kappa shape index (κ3) is 5.41. The van der Waals surface area contributed by atoms with E-state index in [4.69, 9.17) is 9.47 Å². The summed E-state index contributed by atoms with van der Waals surface area (Å²) in [5, 5.41) is 4.05. The Bertz CT molecular complexity index is 1220. The van der Waals surface area contributed by atoms with Crippen LogP contribution < -0.4 is 10.1 Å². The monoisotopic (exact) mass is 521 g/mol. The number of rotatable bonds is 9. The maximum Gasteiger partial charge on any atom is 0.321 e. The fourth-order valence-electron chi connectivity index (χ4n) is 5.26. The summed E-state index contributed by atoms with van der Waals surface area (Å²) in [6.07, 6.45) is 2.50. The van der Waals surface area contributed by atoms with Crippen LogP contribution in [0.1, 0.15) is 59.7 Å².